The standard InChI is InChI=1S/C15H22N2O3S/c1-13(2)11-16-7-9-17(10-8-16)21(19,20)15-5-3-14(12-18)4-6-15/h3-6,12-13H,7-11H2,1-2H3. The Bertz CT molecular complexity index is 573. The van der Waals surface area contributed by atoms with E-state index >= 15 is 0 Å². The summed E-state index contributed by atoms with van der Waals surface area (Å²) in [6.45, 7) is 7.90. The highest BCUT2D eigenvalue weighted by atomic mass is 32.2. The number of benzene rings is 1. The molecule has 0 aromatic heterocycles. The Morgan fingerprint density at radius 1 is 1.10 bits per heavy atom. The molecule has 0 aliphatic carbocycles. The van der Waals surface area contributed by atoms with Crippen molar-refractivity contribution in [3.05, 3.63) is 29.8 Å². The van der Waals surface area contributed by atoms with Gasteiger partial charge in [0.15, 0.2) is 0 Å². The van der Waals surface area contributed by atoms with E-state index in [4.69, 9.17) is 0 Å². The van der Waals surface area contributed by atoms with E-state index in [1.54, 1.807) is 0 Å². The molecule has 1 aromatic carbocycles. The van der Waals surface area contributed by atoms with Gasteiger partial charge in [-0.2, -0.15) is 4.31 Å². The van der Waals surface area contributed by atoms with Crippen molar-refractivity contribution in [1.29, 1.82) is 0 Å². The van der Waals surface area contributed by atoms with E-state index < -0.39 is 10.0 Å². The third-order valence-electron chi connectivity index (χ3n) is 3.61. The monoisotopic (exact) mass is 310 g/mol. The molecule has 1 aliphatic rings. The van der Waals surface area contributed by atoms with Crippen LogP contribution in [0.1, 0.15) is 24.2 Å². The number of rotatable bonds is 5. The van der Waals surface area contributed by atoms with E-state index in [2.05, 4.69) is 18.7 Å². The molecule has 0 saturated carbocycles. The number of hydrogen-bond donors (Lipinski definition) is 0. The molecule has 0 atom stereocenters. The van der Waals surface area contributed by atoms with Crippen molar-refractivity contribution < 1.29 is 13.2 Å². The van der Waals surface area contributed by atoms with Crippen LogP contribution in [-0.2, 0) is 10.0 Å². The van der Waals surface area contributed by atoms with Gasteiger partial charge in [-0.25, -0.2) is 8.42 Å². The summed E-state index contributed by atoms with van der Waals surface area (Å²) in [5, 5.41) is 0. The minimum Gasteiger partial charge on any atom is -0.300 e. The Morgan fingerprint density at radius 2 is 1.67 bits per heavy atom. The van der Waals surface area contributed by atoms with E-state index in [0.717, 1.165) is 19.6 Å². The molecule has 0 unspecified atom stereocenters. The zero-order valence-corrected chi connectivity index (χ0v) is 13.3. The van der Waals surface area contributed by atoms with Gasteiger partial charge in [-0.05, 0) is 18.1 Å². The van der Waals surface area contributed by atoms with Crippen LogP contribution in [0.2, 0.25) is 0 Å². The van der Waals surface area contributed by atoms with Crippen molar-refractivity contribution in [3.63, 3.8) is 0 Å². The average Bonchev–Trinajstić information content (AvgIpc) is 2.47. The smallest absolute Gasteiger partial charge is 0.243 e. The van der Waals surface area contributed by atoms with Gasteiger partial charge >= 0.3 is 0 Å². The maximum absolute atomic E-state index is 12.5. The van der Waals surface area contributed by atoms with Crippen molar-refractivity contribution in [2.75, 3.05) is 32.7 Å². The minimum absolute atomic E-state index is 0.255. The molecule has 1 fully saturated rings. The molecule has 2 rings (SSSR count). The third kappa shape index (κ3) is 3.90. The molecule has 1 saturated heterocycles. The molecule has 1 aliphatic heterocycles. The Balaban J connectivity index is 2.05. The summed E-state index contributed by atoms with van der Waals surface area (Å²) in [5.74, 6) is 0.587. The van der Waals surface area contributed by atoms with Crippen LogP contribution in [-0.4, -0.2) is 56.6 Å². The molecule has 0 spiro atoms. The first kappa shape index (κ1) is 16.1. The van der Waals surface area contributed by atoms with Crippen LogP contribution in [0.4, 0.5) is 0 Å². The Kier molecular flexibility index (Phi) is 5.13. The van der Waals surface area contributed by atoms with Gasteiger partial charge in [0.25, 0.3) is 0 Å². The first-order chi connectivity index (χ1) is 9.93. The molecular weight excluding hydrogens is 288 g/mol. The van der Waals surface area contributed by atoms with Gasteiger partial charge in [-0.3, -0.25) is 4.79 Å². The lowest BCUT2D eigenvalue weighted by molar-refractivity contribution is 0.112. The molecule has 5 nitrogen and oxygen atoms in total. The topological polar surface area (TPSA) is 57.7 Å². The molecular formula is C15H22N2O3S. The number of nitrogens with zero attached hydrogens (tertiary/aromatic N) is 2. The van der Waals surface area contributed by atoms with Gasteiger partial charge in [0.1, 0.15) is 6.29 Å². The molecule has 21 heavy (non-hydrogen) atoms. The molecule has 0 N–H and O–H groups in total. The zero-order valence-electron chi connectivity index (χ0n) is 12.5. The summed E-state index contributed by atoms with van der Waals surface area (Å²) < 4.78 is 26.6. The average molecular weight is 310 g/mol. The summed E-state index contributed by atoms with van der Waals surface area (Å²) in [7, 11) is -3.45. The van der Waals surface area contributed by atoms with Gasteiger partial charge < -0.3 is 4.90 Å². The Hall–Kier alpha value is -1.24. The number of carbonyl (C=O) groups is 1. The number of carbonyl (C=O) groups excluding carboxylic acids is 1. The summed E-state index contributed by atoms with van der Waals surface area (Å²) in [5.41, 5.74) is 0.482. The van der Waals surface area contributed by atoms with E-state index in [-0.39, 0.29) is 4.90 Å². The minimum atomic E-state index is -3.45. The highest BCUT2D eigenvalue weighted by Crippen LogP contribution is 2.18. The van der Waals surface area contributed by atoms with Crippen molar-refractivity contribution in [1.82, 2.24) is 9.21 Å². The Labute approximate surface area is 126 Å². The molecule has 1 heterocycles. The van der Waals surface area contributed by atoms with E-state index in [1.165, 1.54) is 28.6 Å². The van der Waals surface area contributed by atoms with Crippen LogP contribution < -0.4 is 0 Å². The zero-order chi connectivity index (χ0) is 15.5. The van der Waals surface area contributed by atoms with Crippen LogP contribution in [0.3, 0.4) is 0 Å². The SMILES string of the molecule is CC(C)CN1CCN(S(=O)(=O)c2ccc(C=O)cc2)CC1. The predicted octanol–water partition coefficient (Wildman–Crippen LogP) is 1.46. The van der Waals surface area contributed by atoms with Crippen LogP contribution in [0, 0.1) is 5.92 Å². The Morgan fingerprint density at radius 3 is 2.14 bits per heavy atom. The second kappa shape index (κ2) is 6.68. The van der Waals surface area contributed by atoms with Crippen molar-refractivity contribution >= 4 is 16.3 Å². The number of hydrogen-bond acceptors (Lipinski definition) is 4. The van der Waals surface area contributed by atoms with E-state index in [9.17, 15) is 13.2 Å². The summed E-state index contributed by atoms with van der Waals surface area (Å²) >= 11 is 0. The first-order valence-electron chi connectivity index (χ1n) is 7.21. The van der Waals surface area contributed by atoms with Crippen molar-refractivity contribution in [3.8, 4) is 0 Å². The molecule has 0 radical (unpaired) electrons. The lowest BCUT2D eigenvalue weighted by Crippen LogP contribution is -2.49. The second-order valence-electron chi connectivity index (χ2n) is 5.79. The number of aldehydes is 1. The molecule has 0 bridgehead atoms. The van der Waals surface area contributed by atoms with Gasteiger partial charge in [-0.1, -0.05) is 26.0 Å². The van der Waals surface area contributed by atoms with Gasteiger partial charge in [0, 0.05) is 38.3 Å². The molecule has 6 heteroatoms. The summed E-state index contributed by atoms with van der Waals surface area (Å²) in [4.78, 5) is 13.2. The lowest BCUT2D eigenvalue weighted by Gasteiger charge is -2.34. The fourth-order valence-electron chi connectivity index (χ4n) is 2.54. The fraction of sp³-hybridized carbons (Fsp3) is 0.533. The highest BCUT2D eigenvalue weighted by molar-refractivity contribution is 7.89. The van der Waals surface area contributed by atoms with Gasteiger partial charge in [0.05, 0.1) is 4.90 Å². The number of sulfonamides is 1. The highest BCUT2D eigenvalue weighted by Gasteiger charge is 2.28. The lowest BCUT2D eigenvalue weighted by atomic mass is 10.2. The predicted molar refractivity (Wildman–Crippen MR) is 81.9 cm³/mol. The van der Waals surface area contributed by atoms with E-state index in [1.807, 2.05) is 0 Å². The normalized spacial score (nSPS) is 18.0. The summed E-state index contributed by atoms with van der Waals surface area (Å²) in [6.07, 6.45) is 0.709. The number of piperazine rings is 1. The third-order valence-corrected chi connectivity index (χ3v) is 5.52. The largest absolute Gasteiger partial charge is 0.300 e. The van der Waals surface area contributed by atoms with Crippen molar-refractivity contribution in [2.24, 2.45) is 5.92 Å². The van der Waals surface area contributed by atoms with Crippen LogP contribution in [0.15, 0.2) is 29.2 Å². The molecule has 1 aromatic rings. The second-order valence-corrected chi connectivity index (χ2v) is 7.72. The molecule has 116 valence electrons. The quantitative estimate of drug-likeness (QED) is 0.773. The van der Waals surface area contributed by atoms with Crippen LogP contribution in [0.5, 0.6) is 0 Å². The van der Waals surface area contributed by atoms with Crippen LogP contribution in [0.25, 0.3) is 0 Å². The van der Waals surface area contributed by atoms with Gasteiger partial charge in [-0.15, -0.1) is 0 Å². The maximum atomic E-state index is 12.5. The van der Waals surface area contributed by atoms with Gasteiger partial charge in [0.2, 0.25) is 10.0 Å². The maximum Gasteiger partial charge on any atom is 0.243 e. The van der Waals surface area contributed by atoms with Crippen molar-refractivity contribution in [2.45, 2.75) is 18.7 Å². The summed E-state index contributed by atoms with van der Waals surface area (Å²) in [6, 6.07) is 6.07. The molecule has 0 amide bonds. The fourth-order valence-corrected chi connectivity index (χ4v) is 3.96. The van der Waals surface area contributed by atoms with Crippen LogP contribution >= 0.6 is 0 Å². The van der Waals surface area contributed by atoms with E-state index in [0.29, 0.717) is 30.9 Å². The first-order valence-corrected chi connectivity index (χ1v) is 8.65.